The van der Waals surface area contributed by atoms with Gasteiger partial charge in [0.2, 0.25) is 15.8 Å². The van der Waals surface area contributed by atoms with E-state index in [1.807, 2.05) is 13.8 Å². The summed E-state index contributed by atoms with van der Waals surface area (Å²) in [5.74, 6) is 1.05. The largest absolute Gasteiger partial charge is 0.461 e. The van der Waals surface area contributed by atoms with Crippen molar-refractivity contribution in [3.8, 4) is 23.3 Å². The zero-order valence-electron chi connectivity index (χ0n) is 14.7. The maximum absolute atomic E-state index is 11.7. The first-order chi connectivity index (χ1) is 12.4. The summed E-state index contributed by atoms with van der Waals surface area (Å²) in [6, 6.07) is 10.6. The highest BCUT2D eigenvalue weighted by Gasteiger charge is 2.17. The van der Waals surface area contributed by atoms with E-state index in [0.717, 1.165) is 0 Å². The Labute approximate surface area is 151 Å². The lowest BCUT2D eigenvalue weighted by atomic mass is 10.3. The number of benzene rings is 1. The van der Waals surface area contributed by atoms with E-state index >= 15 is 0 Å². The first-order valence-corrected chi connectivity index (χ1v) is 9.81. The molecule has 0 aliphatic heterocycles. The number of rotatable bonds is 7. The summed E-state index contributed by atoms with van der Waals surface area (Å²) in [5, 5.41) is 4.38. The highest BCUT2D eigenvalue weighted by Crippen LogP contribution is 2.25. The zero-order chi connectivity index (χ0) is 18.7. The third-order valence-electron chi connectivity index (χ3n) is 3.44. The first-order valence-electron chi connectivity index (χ1n) is 8.16. The molecule has 0 aliphatic carbocycles. The molecule has 3 rings (SSSR count). The molecule has 138 valence electrons. The van der Waals surface area contributed by atoms with Gasteiger partial charge >= 0.3 is 6.01 Å². The molecule has 2 heterocycles. The van der Waals surface area contributed by atoms with Gasteiger partial charge in [-0.1, -0.05) is 0 Å². The van der Waals surface area contributed by atoms with Crippen molar-refractivity contribution in [3.05, 3.63) is 42.7 Å². The molecule has 0 radical (unpaired) electrons. The van der Waals surface area contributed by atoms with Gasteiger partial charge in [-0.25, -0.2) is 13.1 Å². The lowest BCUT2D eigenvalue weighted by Crippen LogP contribution is -2.14. The molecule has 0 amide bonds. The molecule has 1 N–H and O–H groups in total. The normalized spacial score (nSPS) is 11.7. The first kappa shape index (κ1) is 18.0. The van der Waals surface area contributed by atoms with E-state index in [9.17, 15) is 8.42 Å². The van der Waals surface area contributed by atoms with Crippen LogP contribution in [0.4, 0.5) is 5.69 Å². The lowest BCUT2D eigenvalue weighted by molar-refractivity contribution is 0.222. The molecular formula is C17H20N4O4S. The van der Waals surface area contributed by atoms with Crippen molar-refractivity contribution in [2.75, 3.05) is 10.5 Å². The minimum atomic E-state index is -3.32. The number of ether oxygens (including phenoxy) is 1. The number of aromatic nitrogens is 3. The predicted molar refractivity (Wildman–Crippen MR) is 97.9 cm³/mol. The summed E-state index contributed by atoms with van der Waals surface area (Å²) in [6.45, 7) is 5.36. The minimum absolute atomic E-state index is 0.0103. The Bertz CT molecular complexity index is 961. The van der Waals surface area contributed by atoms with Crippen LogP contribution < -0.4 is 9.46 Å². The van der Waals surface area contributed by atoms with Crippen molar-refractivity contribution in [3.63, 3.8) is 0 Å². The van der Waals surface area contributed by atoms with E-state index in [2.05, 4.69) is 14.8 Å². The van der Waals surface area contributed by atoms with Crippen LogP contribution in [-0.2, 0) is 10.0 Å². The fourth-order valence-electron chi connectivity index (χ4n) is 2.22. The lowest BCUT2D eigenvalue weighted by Gasteiger charge is -2.08. The minimum Gasteiger partial charge on any atom is -0.461 e. The second-order valence-corrected chi connectivity index (χ2v) is 7.84. The number of sulfonamides is 1. The van der Waals surface area contributed by atoms with Gasteiger partial charge < -0.3 is 9.15 Å². The summed E-state index contributed by atoms with van der Waals surface area (Å²) in [5.41, 5.74) is 1.18. The molecule has 0 aliphatic rings. The van der Waals surface area contributed by atoms with E-state index in [4.69, 9.17) is 9.15 Å². The maximum atomic E-state index is 11.7. The Kier molecular flexibility index (Phi) is 4.99. The van der Waals surface area contributed by atoms with Crippen LogP contribution in [0.2, 0.25) is 0 Å². The van der Waals surface area contributed by atoms with Gasteiger partial charge in [-0.2, -0.15) is 4.98 Å². The Morgan fingerprint density at radius 3 is 2.54 bits per heavy atom. The highest BCUT2D eigenvalue weighted by molar-refractivity contribution is 7.92. The van der Waals surface area contributed by atoms with Crippen LogP contribution in [-0.4, -0.2) is 35.0 Å². The molecule has 1 aromatic carbocycles. The van der Waals surface area contributed by atoms with Crippen molar-refractivity contribution < 1.29 is 17.6 Å². The Hall–Kier alpha value is -2.81. The molecule has 0 unspecified atom stereocenters. The van der Waals surface area contributed by atoms with Crippen LogP contribution in [0.25, 0.3) is 17.3 Å². The molecule has 0 saturated carbocycles. The van der Waals surface area contributed by atoms with E-state index in [0.29, 0.717) is 23.0 Å². The van der Waals surface area contributed by atoms with Crippen LogP contribution in [0.15, 0.2) is 47.1 Å². The molecule has 2 aromatic heterocycles. The smallest absolute Gasteiger partial charge is 0.336 e. The maximum Gasteiger partial charge on any atom is 0.336 e. The molecule has 0 atom stereocenters. The van der Waals surface area contributed by atoms with Crippen LogP contribution in [0.5, 0.6) is 6.01 Å². The van der Waals surface area contributed by atoms with Gasteiger partial charge in [-0.15, -0.1) is 5.10 Å². The predicted octanol–water partition coefficient (Wildman–Crippen LogP) is 3.08. The van der Waals surface area contributed by atoms with E-state index in [1.54, 1.807) is 54.3 Å². The number of nitrogens with one attached hydrogen (secondary N) is 1. The second-order valence-electron chi connectivity index (χ2n) is 5.83. The second kappa shape index (κ2) is 7.20. The van der Waals surface area contributed by atoms with Gasteiger partial charge in [0.15, 0.2) is 5.76 Å². The molecule has 0 saturated heterocycles. The van der Waals surface area contributed by atoms with Crippen molar-refractivity contribution in [2.24, 2.45) is 0 Å². The van der Waals surface area contributed by atoms with Gasteiger partial charge in [0.1, 0.15) is 0 Å². The van der Waals surface area contributed by atoms with E-state index in [-0.39, 0.29) is 17.9 Å². The van der Waals surface area contributed by atoms with Gasteiger partial charge in [0.25, 0.3) is 0 Å². The standard InChI is InChI=1S/C17H20N4O4S/c1-4-26(22,23)20-13-7-9-14(10-8-13)21-16(15-6-5-11-24-15)18-17(19-21)25-12(2)3/h5-12,20H,4H2,1-3H3. The summed E-state index contributed by atoms with van der Waals surface area (Å²) in [4.78, 5) is 4.39. The van der Waals surface area contributed by atoms with Gasteiger partial charge in [-0.05, 0) is 57.2 Å². The number of hydrogen-bond donors (Lipinski definition) is 1. The molecule has 8 nitrogen and oxygen atoms in total. The average molecular weight is 376 g/mol. The molecule has 26 heavy (non-hydrogen) atoms. The van der Waals surface area contributed by atoms with Crippen molar-refractivity contribution in [1.82, 2.24) is 14.8 Å². The highest BCUT2D eigenvalue weighted by atomic mass is 32.2. The Morgan fingerprint density at radius 2 is 1.96 bits per heavy atom. The van der Waals surface area contributed by atoms with Gasteiger partial charge in [0, 0.05) is 5.69 Å². The average Bonchev–Trinajstić information content (AvgIpc) is 3.24. The van der Waals surface area contributed by atoms with Gasteiger partial charge in [0.05, 0.1) is 23.8 Å². The topological polar surface area (TPSA) is 99.2 Å². The van der Waals surface area contributed by atoms with Gasteiger partial charge in [-0.3, -0.25) is 4.72 Å². The Balaban J connectivity index is 1.96. The summed E-state index contributed by atoms with van der Waals surface area (Å²) in [6.07, 6.45) is 1.49. The quantitative estimate of drug-likeness (QED) is 0.680. The van der Waals surface area contributed by atoms with Crippen LogP contribution in [0.1, 0.15) is 20.8 Å². The molecule has 0 spiro atoms. The number of furan rings is 1. The molecular weight excluding hydrogens is 356 g/mol. The number of hydrogen-bond acceptors (Lipinski definition) is 6. The fourth-order valence-corrected chi connectivity index (χ4v) is 2.86. The monoisotopic (exact) mass is 376 g/mol. The third kappa shape index (κ3) is 4.05. The molecule has 3 aromatic rings. The molecule has 0 fully saturated rings. The Morgan fingerprint density at radius 1 is 1.23 bits per heavy atom. The fraction of sp³-hybridized carbons (Fsp3) is 0.294. The van der Waals surface area contributed by atoms with Crippen molar-refractivity contribution in [2.45, 2.75) is 26.9 Å². The summed E-state index contributed by atoms with van der Waals surface area (Å²) >= 11 is 0. The van der Waals surface area contributed by atoms with Crippen LogP contribution in [0.3, 0.4) is 0 Å². The van der Waals surface area contributed by atoms with Crippen LogP contribution >= 0.6 is 0 Å². The number of anilines is 1. The summed E-state index contributed by atoms with van der Waals surface area (Å²) in [7, 11) is -3.32. The van der Waals surface area contributed by atoms with E-state index in [1.165, 1.54) is 0 Å². The zero-order valence-corrected chi connectivity index (χ0v) is 15.5. The SMILES string of the molecule is CCS(=O)(=O)Nc1ccc(-n2nc(OC(C)C)nc2-c2ccco2)cc1. The third-order valence-corrected chi connectivity index (χ3v) is 4.74. The van der Waals surface area contributed by atoms with E-state index < -0.39 is 10.0 Å². The van der Waals surface area contributed by atoms with Crippen LogP contribution in [0, 0.1) is 0 Å². The molecule has 0 bridgehead atoms. The number of nitrogens with zero attached hydrogens (tertiary/aromatic N) is 3. The van der Waals surface area contributed by atoms with Crippen molar-refractivity contribution in [1.29, 1.82) is 0 Å². The molecule has 9 heteroatoms. The summed E-state index contributed by atoms with van der Waals surface area (Å²) < 4.78 is 38.5. The van der Waals surface area contributed by atoms with Crippen molar-refractivity contribution >= 4 is 15.7 Å².